The van der Waals surface area contributed by atoms with Gasteiger partial charge in [-0.3, -0.25) is 9.69 Å². The van der Waals surface area contributed by atoms with Crippen molar-refractivity contribution in [3.05, 3.63) is 42.5 Å². The molecule has 6 nitrogen and oxygen atoms in total. The van der Waals surface area contributed by atoms with Crippen LogP contribution < -0.4 is 9.64 Å². The number of rotatable bonds is 5. The molecule has 0 N–H and O–H groups in total. The number of thiazole rings is 1. The van der Waals surface area contributed by atoms with Gasteiger partial charge in [0.05, 0.1) is 23.9 Å². The minimum absolute atomic E-state index is 0.0740. The van der Waals surface area contributed by atoms with Gasteiger partial charge in [0.2, 0.25) is 5.91 Å². The van der Waals surface area contributed by atoms with Crippen LogP contribution in [-0.4, -0.2) is 28.0 Å². The van der Waals surface area contributed by atoms with Gasteiger partial charge in [-0.2, -0.15) is 0 Å². The topological polar surface area (TPSA) is 68.2 Å². The smallest absolute Gasteiger partial charge is 0.232 e. The number of fused-ring (bicyclic) bond motifs is 1. The summed E-state index contributed by atoms with van der Waals surface area (Å²) >= 11 is 1.52. The maximum Gasteiger partial charge on any atom is 0.232 e. The minimum Gasteiger partial charge on any atom is -0.497 e. The third-order valence-corrected chi connectivity index (χ3v) is 6.03. The van der Waals surface area contributed by atoms with Gasteiger partial charge >= 0.3 is 0 Å². The van der Waals surface area contributed by atoms with E-state index in [0.717, 1.165) is 52.3 Å². The Labute approximate surface area is 162 Å². The second kappa shape index (κ2) is 8.00. The highest BCUT2D eigenvalue weighted by molar-refractivity contribution is 7.22. The average molecular weight is 382 g/mol. The summed E-state index contributed by atoms with van der Waals surface area (Å²) in [6, 6.07) is 5.79. The van der Waals surface area contributed by atoms with Gasteiger partial charge in [0.1, 0.15) is 12.1 Å². The molecule has 1 aliphatic rings. The largest absolute Gasteiger partial charge is 0.497 e. The van der Waals surface area contributed by atoms with Gasteiger partial charge in [0.15, 0.2) is 5.13 Å². The van der Waals surface area contributed by atoms with Gasteiger partial charge in [0, 0.05) is 23.9 Å². The Hall–Kier alpha value is -2.54. The number of amides is 1. The molecule has 2 heterocycles. The van der Waals surface area contributed by atoms with Crippen LogP contribution in [0.3, 0.4) is 0 Å². The fourth-order valence-electron chi connectivity index (χ4n) is 3.54. The maximum absolute atomic E-state index is 13.3. The van der Waals surface area contributed by atoms with Crippen LogP contribution in [0.5, 0.6) is 5.75 Å². The lowest BCUT2D eigenvalue weighted by Gasteiger charge is -2.27. The van der Waals surface area contributed by atoms with Gasteiger partial charge in [-0.15, -0.1) is 0 Å². The minimum atomic E-state index is 0.0740. The van der Waals surface area contributed by atoms with Crippen LogP contribution in [0.4, 0.5) is 5.13 Å². The molecule has 1 aromatic carbocycles. The van der Waals surface area contributed by atoms with Crippen LogP contribution in [0.25, 0.3) is 10.2 Å². The average Bonchev–Trinajstić information content (AvgIpc) is 3.15. The zero-order valence-electron chi connectivity index (χ0n) is 15.3. The zero-order valence-corrected chi connectivity index (χ0v) is 16.1. The molecule has 2 aromatic heterocycles. The van der Waals surface area contributed by atoms with E-state index >= 15 is 0 Å². The van der Waals surface area contributed by atoms with Crippen LogP contribution in [0.1, 0.15) is 37.7 Å². The third-order valence-electron chi connectivity index (χ3n) is 4.99. The van der Waals surface area contributed by atoms with Crippen molar-refractivity contribution in [3.8, 4) is 5.75 Å². The molecule has 4 rings (SSSR count). The Morgan fingerprint density at radius 3 is 2.74 bits per heavy atom. The first kappa shape index (κ1) is 17.9. The SMILES string of the molecule is COc1ccc2nc(N(Cc3cncnc3)C(=O)C3CCCCC3)sc2c1. The highest BCUT2D eigenvalue weighted by Gasteiger charge is 2.29. The molecule has 7 heteroatoms. The number of anilines is 1. The Bertz CT molecular complexity index is 922. The van der Waals surface area contributed by atoms with Crippen LogP contribution in [0.2, 0.25) is 0 Å². The van der Waals surface area contributed by atoms with E-state index in [1.165, 1.54) is 24.1 Å². The fraction of sp³-hybridized carbons (Fsp3) is 0.400. The molecule has 1 amide bonds. The predicted octanol–water partition coefficient (Wildman–Crippen LogP) is 4.21. The number of ether oxygens (including phenoxy) is 1. The van der Waals surface area contributed by atoms with Gasteiger partial charge in [-0.05, 0) is 31.0 Å². The van der Waals surface area contributed by atoms with Crippen LogP contribution >= 0.6 is 11.3 Å². The number of carbonyl (C=O) groups is 1. The first-order valence-corrected chi connectivity index (χ1v) is 10.1. The van der Waals surface area contributed by atoms with Gasteiger partial charge in [-0.1, -0.05) is 30.6 Å². The highest BCUT2D eigenvalue weighted by Crippen LogP contribution is 2.34. The van der Waals surface area contributed by atoms with Gasteiger partial charge < -0.3 is 4.74 Å². The molecule has 0 unspecified atom stereocenters. The van der Waals surface area contributed by atoms with Crippen molar-refractivity contribution in [1.82, 2.24) is 15.0 Å². The Morgan fingerprint density at radius 1 is 1.22 bits per heavy atom. The van der Waals surface area contributed by atoms with E-state index in [1.54, 1.807) is 19.5 Å². The number of aromatic nitrogens is 3. The highest BCUT2D eigenvalue weighted by atomic mass is 32.1. The predicted molar refractivity (Wildman–Crippen MR) is 106 cm³/mol. The van der Waals surface area contributed by atoms with Crippen molar-refractivity contribution in [2.45, 2.75) is 38.6 Å². The first-order chi connectivity index (χ1) is 13.2. The van der Waals surface area contributed by atoms with Crippen molar-refractivity contribution < 1.29 is 9.53 Å². The number of methoxy groups -OCH3 is 1. The number of hydrogen-bond donors (Lipinski definition) is 0. The Kier molecular flexibility index (Phi) is 5.29. The number of nitrogens with zero attached hydrogens (tertiary/aromatic N) is 4. The van der Waals surface area contributed by atoms with Gasteiger partial charge in [0.25, 0.3) is 0 Å². The van der Waals surface area contributed by atoms with Crippen molar-refractivity contribution in [3.63, 3.8) is 0 Å². The molecule has 1 aliphatic carbocycles. The molecule has 0 radical (unpaired) electrons. The number of carbonyl (C=O) groups excluding carboxylic acids is 1. The molecule has 1 saturated carbocycles. The van der Waals surface area contributed by atoms with E-state index in [9.17, 15) is 4.79 Å². The molecule has 0 aliphatic heterocycles. The second-order valence-corrected chi connectivity index (χ2v) is 7.85. The molecule has 3 aromatic rings. The Balaban J connectivity index is 1.69. The van der Waals surface area contributed by atoms with E-state index in [2.05, 4.69) is 9.97 Å². The maximum atomic E-state index is 13.3. The summed E-state index contributed by atoms with van der Waals surface area (Å²) in [7, 11) is 1.65. The summed E-state index contributed by atoms with van der Waals surface area (Å²) in [5.74, 6) is 1.02. The fourth-order valence-corrected chi connectivity index (χ4v) is 4.54. The summed E-state index contributed by atoms with van der Waals surface area (Å²) in [6.07, 6.45) is 10.4. The Morgan fingerprint density at radius 2 is 2.00 bits per heavy atom. The molecule has 0 spiro atoms. The second-order valence-electron chi connectivity index (χ2n) is 6.84. The van der Waals surface area contributed by atoms with Gasteiger partial charge in [-0.25, -0.2) is 15.0 Å². The molecule has 0 saturated heterocycles. The van der Waals surface area contributed by atoms with Crippen LogP contribution in [0, 0.1) is 5.92 Å². The van der Waals surface area contributed by atoms with Crippen molar-refractivity contribution in [1.29, 1.82) is 0 Å². The molecule has 140 valence electrons. The molecular weight excluding hydrogens is 360 g/mol. The quantitative estimate of drug-likeness (QED) is 0.661. The lowest BCUT2D eigenvalue weighted by Crippen LogP contribution is -2.36. The van der Waals surface area contributed by atoms with E-state index in [0.29, 0.717) is 6.54 Å². The number of benzene rings is 1. The third kappa shape index (κ3) is 3.93. The van der Waals surface area contributed by atoms with E-state index < -0.39 is 0 Å². The first-order valence-electron chi connectivity index (χ1n) is 9.24. The zero-order chi connectivity index (χ0) is 18.6. The summed E-state index contributed by atoms with van der Waals surface area (Å²) in [6.45, 7) is 0.438. The summed E-state index contributed by atoms with van der Waals surface area (Å²) in [5, 5.41) is 0.720. The standard InChI is InChI=1S/C20H22N4O2S/c1-26-16-7-8-17-18(9-16)27-20(23-17)24(12-14-10-21-13-22-11-14)19(25)15-5-3-2-4-6-15/h7-11,13,15H,2-6,12H2,1H3. The molecular formula is C20H22N4O2S. The lowest BCUT2D eigenvalue weighted by molar-refractivity contribution is -0.123. The van der Waals surface area contributed by atoms with Crippen molar-refractivity contribution >= 4 is 32.6 Å². The summed E-state index contributed by atoms with van der Waals surface area (Å²) in [4.78, 5) is 28.0. The summed E-state index contributed by atoms with van der Waals surface area (Å²) in [5.41, 5.74) is 1.78. The normalized spacial score (nSPS) is 15.0. The molecule has 0 atom stereocenters. The van der Waals surface area contributed by atoms with Crippen LogP contribution in [-0.2, 0) is 11.3 Å². The van der Waals surface area contributed by atoms with Crippen LogP contribution in [0.15, 0.2) is 36.9 Å². The van der Waals surface area contributed by atoms with Crippen molar-refractivity contribution in [2.75, 3.05) is 12.0 Å². The lowest BCUT2D eigenvalue weighted by atomic mass is 9.88. The van der Waals surface area contributed by atoms with Crippen molar-refractivity contribution in [2.24, 2.45) is 5.92 Å². The van der Waals surface area contributed by atoms with E-state index in [-0.39, 0.29) is 11.8 Å². The molecule has 1 fully saturated rings. The molecule has 27 heavy (non-hydrogen) atoms. The summed E-state index contributed by atoms with van der Waals surface area (Å²) < 4.78 is 6.32. The number of hydrogen-bond acceptors (Lipinski definition) is 6. The van der Waals surface area contributed by atoms with E-state index in [1.807, 2.05) is 23.1 Å². The monoisotopic (exact) mass is 382 g/mol. The molecule has 0 bridgehead atoms. The van der Waals surface area contributed by atoms with E-state index in [4.69, 9.17) is 9.72 Å².